The molecular formula is C25H29ClN4O3. The van der Waals surface area contributed by atoms with E-state index in [9.17, 15) is 9.59 Å². The number of amides is 2. The third-order valence-corrected chi connectivity index (χ3v) is 5.49. The fourth-order valence-electron chi connectivity index (χ4n) is 3.41. The summed E-state index contributed by atoms with van der Waals surface area (Å²) in [4.78, 5) is 26.6. The van der Waals surface area contributed by atoms with Gasteiger partial charge in [0.25, 0.3) is 5.91 Å². The summed E-state index contributed by atoms with van der Waals surface area (Å²) in [5, 5.41) is 7.61. The van der Waals surface area contributed by atoms with Gasteiger partial charge in [0.15, 0.2) is 0 Å². The Morgan fingerprint density at radius 3 is 2.55 bits per heavy atom. The highest BCUT2D eigenvalue weighted by Crippen LogP contribution is 2.23. The van der Waals surface area contributed by atoms with E-state index in [1.807, 2.05) is 25.1 Å². The lowest BCUT2D eigenvalue weighted by molar-refractivity contribution is -0.127. The Morgan fingerprint density at radius 2 is 1.94 bits per heavy atom. The van der Waals surface area contributed by atoms with Gasteiger partial charge in [0.05, 0.1) is 18.5 Å². The molecule has 0 aliphatic rings. The van der Waals surface area contributed by atoms with Crippen molar-refractivity contribution in [3.05, 3.63) is 82.0 Å². The maximum Gasteiger partial charge on any atom is 0.251 e. The van der Waals surface area contributed by atoms with Crippen molar-refractivity contribution >= 4 is 29.5 Å². The molecule has 0 bridgehead atoms. The van der Waals surface area contributed by atoms with Crippen LogP contribution >= 0.6 is 11.6 Å². The predicted molar refractivity (Wildman–Crippen MR) is 129 cm³/mol. The van der Waals surface area contributed by atoms with E-state index >= 15 is 0 Å². The molecule has 33 heavy (non-hydrogen) atoms. The van der Waals surface area contributed by atoms with Crippen LogP contribution in [0.25, 0.3) is 6.08 Å². The van der Waals surface area contributed by atoms with Crippen LogP contribution in [-0.2, 0) is 24.4 Å². The topological polar surface area (TPSA) is 80.4 Å². The monoisotopic (exact) mass is 468 g/mol. The Labute approximate surface area is 199 Å². The maximum absolute atomic E-state index is 13.1. The van der Waals surface area contributed by atoms with Gasteiger partial charge in [-0.15, -0.1) is 0 Å². The van der Waals surface area contributed by atoms with Gasteiger partial charge in [-0.05, 0) is 48.7 Å². The van der Waals surface area contributed by atoms with E-state index in [-0.39, 0.29) is 11.8 Å². The first-order valence-corrected chi connectivity index (χ1v) is 11.2. The molecule has 0 saturated carbocycles. The van der Waals surface area contributed by atoms with E-state index in [0.29, 0.717) is 42.0 Å². The number of furan rings is 1. The van der Waals surface area contributed by atoms with Gasteiger partial charge in [-0.2, -0.15) is 5.10 Å². The van der Waals surface area contributed by atoms with E-state index in [4.69, 9.17) is 16.0 Å². The van der Waals surface area contributed by atoms with Crippen LogP contribution in [0.4, 0.5) is 0 Å². The Hall–Kier alpha value is -3.32. The van der Waals surface area contributed by atoms with Gasteiger partial charge in [0, 0.05) is 37.3 Å². The van der Waals surface area contributed by atoms with E-state index in [1.54, 1.807) is 47.2 Å². The summed E-state index contributed by atoms with van der Waals surface area (Å²) in [5.41, 5.74) is 2.97. The second-order valence-corrected chi connectivity index (χ2v) is 8.61. The summed E-state index contributed by atoms with van der Waals surface area (Å²) in [6.07, 6.45) is 4.81. The van der Waals surface area contributed by atoms with E-state index in [0.717, 1.165) is 16.8 Å². The lowest BCUT2D eigenvalue weighted by atomic mass is 10.1. The number of nitrogens with one attached hydrogen (secondary N) is 1. The molecule has 0 aliphatic carbocycles. The lowest BCUT2D eigenvalue weighted by Gasteiger charge is -2.20. The fraction of sp³-hybridized carbons (Fsp3) is 0.320. The highest BCUT2D eigenvalue weighted by Gasteiger charge is 2.16. The normalized spacial score (nSPS) is 11.3. The first-order valence-electron chi connectivity index (χ1n) is 10.8. The molecule has 0 radical (unpaired) electrons. The zero-order valence-corrected chi connectivity index (χ0v) is 20.1. The molecule has 0 aliphatic heterocycles. The minimum Gasteiger partial charge on any atom is -0.467 e. The van der Waals surface area contributed by atoms with Gasteiger partial charge in [0.2, 0.25) is 5.91 Å². The predicted octanol–water partition coefficient (Wildman–Crippen LogP) is 4.70. The molecule has 0 unspecified atom stereocenters. The highest BCUT2D eigenvalue weighted by atomic mass is 35.5. The van der Waals surface area contributed by atoms with Crippen LogP contribution in [0, 0.1) is 12.8 Å². The second-order valence-electron chi connectivity index (χ2n) is 8.25. The number of hydrogen-bond donors (Lipinski definition) is 1. The van der Waals surface area contributed by atoms with Crippen LogP contribution < -0.4 is 5.32 Å². The van der Waals surface area contributed by atoms with Crippen molar-refractivity contribution in [2.75, 3.05) is 7.05 Å². The van der Waals surface area contributed by atoms with Gasteiger partial charge in [-0.3, -0.25) is 14.3 Å². The minimum absolute atomic E-state index is 0.154. The first kappa shape index (κ1) is 24.3. The molecule has 0 fully saturated rings. The average Bonchev–Trinajstić information content (AvgIpc) is 3.39. The van der Waals surface area contributed by atoms with Gasteiger partial charge in [-0.1, -0.05) is 37.6 Å². The number of aromatic nitrogens is 2. The molecule has 7 nitrogen and oxygen atoms in total. The molecule has 174 valence electrons. The summed E-state index contributed by atoms with van der Waals surface area (Å²) < 4.78 is 7.22. The van der Waals surface area contributed by atoms with Gasteiger partial charge in [-0.25, -0.2) is 0 Å². The number of halogens is 1. The van der Waals surface area contributed by atoms with Crippen LogP contribution in [0.2, 0.25) is 5.15 Å². The largest absolute Gasteiger partial charge is 0.467 e. The third-order valence-electron chi connectivity index (χ3n) is 5.10. The minimum atomic E-state index is -0.186. The Morgan fingerprint density at radius 1 is 1.21 bits per heavy atom. The Balaban J connectivity index is 1.80. The Kier molecular flexibility index (Phi) is 8.11. The van der Waals surface area contributed by atoms with Crippen molar-refractivity contribution in [1.82, 2.24) is 20.0 Å². The molecule has 0 saturated heterocycles. The third kappa shape index (κ3) is 6.35. The molecule has 0 spiro atoms. The highest BCUT2D eigenvalue weighted by molar-refractivity contribution is 6.31. The Bertz CT molecular complexity index is 1120. The van der Waals surface area contributed by atoms with Gasteiger partial charge in [0.1, 0.15) is 10.9 Å². The number of carbonyl (C=O) groups excluding carboxylic acids is 2. The average molecular weight is 469 g/mol. The molecular weight excluding hydrogens is 440 g/mol. The van der Waals surface area contributed by atoms with E-state index in [2.05, 4.69) is 24.3 Å². The number of carbonyl (C=O) groups is 2. The van der Waals surface area contributed by atoms with Crippen molar-refractivity contribution in [3.8, 4) is 0 Å². The zero-order chi connectivity index (χ0) is 24.0. The molecule has 8 heteroatoms. The zero-order valence-electron chi connectivity index (χ0n) is 19.3. The number of aryl methyl sites for hydroxylation is 1. The summed E-state index contributed by atoms with van der Waals surface area (Å²) in [6, 6.07) is 10.8. The molecule has 1 aromatic carbocycles. The summed E-state index contributed by atoms with van der Waals surface area (Å²) in [5.74, 6) is 0.739. The molecule has 1 N–H and O–H groups in total. The van der Waals surface area contributed by atoms with E-state index < -0.39 is 0 Å². The fourth-order valence-corrected chi connectivity index (χ4v) is 3.72. The van der Waals surface area contributed by atoms with Crippen molar-refractivity contribution in [2.24, 2.45) is 5.92 Å². The van der Waals surface area contributed by atoms with Gasteiger partial charge < -0.3 is 14.6 Å². The molecule has 2 amide bonds. The molecule has 2 heterocycles. The number of nitrogens with zero attached hydrogens (tertiary/aromatic N) is 3. The standard InChI is InChI=1S/C25H29ClN4O3/c1-17(2)14-30-24(26)22(18(3)28-30)11-12-23(31)29(16-21-6-5-13-33-21)15-19-7-9-20(10-8-19)25(32)27-4/h5-13,17H,14-16H2,1-4H3,(H,27,32)/b12-11+. The number of benzene rings is 1. The van der Waals surface area contributed by atoms with Crippen molar-refractivity contribution in [1.29, 1.82) is 0 Å². The van der Waals surface area contributed by atoms with Crippen LogP contribution in [0.5, 0.6) is 0 Å². The van der Waals surface area contributed by atoms with Crippen LogP contribution in [0.15, 0.2) is 53.2 Å². The first-order chi connectivity index (χ1) is 15.8. The molecule has 3 rings (SSSR count). The number of rotatable bonds is 9. The maximum atomic E-state index is 13.1. The summed E-state index contributed by atoms with van der Waals surface area (Å²) in [7, 11) is 1.59. The molecule has 2 aromatic heterocycles. The molecule has 3 aromatic rings. The summed E-state index contributed by atoms with van der Waals surface area (Å²) >= 11 is 6.51. The van der Waals surface area contributed by atoms with Crippen LogP contribution in [0.1, 0.15) is 46.8 Å². The van der Waals surface area contributed by atoms with Crippen molar-refractivity contribution in [3.63, 3.8) is 0 Å². The SMILES string of the molecule is CNC(=O)c1ccc(CN(Cc2ccco2)C(=O)/C=C/c2c(C)nn(CC(C)C)c2Cl)cc1. The second kappa shape index (κ2) is 11.0. The lowest BCUT2D eigenvalue weighted by Crippen LogP contribution is -2.28. The van der Waals surface area contributed by atoms with E-state index in [1.165, 1.54) is 6.08 Å². The van der Waals surface area contributed by atoms with Gasteiger partial charge >= 0.3 is 0 Å². The van der Waals surface area contributed by atoms with Crippen LogP contribution in [0.3, 0.4) is 0 Å². The van der Waals surface area contributed by atoms with Crippen molar-refractivity contribution < 1.29 is 14.0 Å². The quantitative estimate of drug-likeness (QED) is 0.462. The van der Waals surface area contributed by atoms with Crippen molar-refractivity contribution in [2.45, 2.75) is 40.4 Å². The number of hydrogen-bond acceptors (Lipinski definition) is 4. The van der Waals surface area contributed by atoms with Crippen LogP contribution in [-0.4, -0.2) is 33.5 Å². The molecule has 0 atom stereocenters. The smallest absolute Gasteiger partial charge is 0.251 e. The summed E-state index contributed by atoms with van der Waals surface area (Å²) in [6.45, 7) is 7.45.